The Bertz CT molecular complexity index is 229. The Balaban J connectivity index is 1.63. The van der Waals surface area contributed by atoms with Crippen LogP contribution in [-0.2, 0) is 0 Å². The first-order valence-corrected chi connectivity index (χ1v) is 7.05. The van der Waals surface area contributed by atoms with Crippen molar-refractivity contribution < 1.29 is 0 Å². The summed E-state index contributed by atoms with van der Waals surface area (Å²) in [5.41, 5.74) is 6.97. The van der Waals surface area contributed by atoms with E-state index in [1.165, 1.54) is 64.2 Å². The average Bonchev–Trinajstić information content (AvgIpc) is 3.04. The summed E-state index contributed by atoms with van der Waals surface area (Å²) in [7, 11) is 0. The highest BCUT2D eigenvalue weighted by Crippen LogP contribution is 2.48. The SMILES string of the molecule is NC1(CC2CC2)CCCCC1CC1CC1. The molecule has 1 heteroatoms. The second-order valence-electron chi connectivity index (χ2n) is 6.50. The quantitative estimate of drug-likeness (QED) is 0.750. The molecule has 0 saturated heterocycles. The molecule has 86 valence electrons. The van der Waals surface area contributed by atoms with Crippen LogP contribution >= 0.6 is 0 Å². The summed E-state index contributed by atoms with van der Waals surface area (Å²) >= 11 is 0. The van der Waals surface area contributed by atoms with Gasteiger partial charge in [0, 0.05) is 5.54 Å². The minimum atomic E-state index is 0.252. The molecule has 0 aliphatic heterocycles. The standard InChI is InChI=1S/C14H25N/c15-14(10-12-6-7-12)8-2-1-3-13(14)9-11-4-5-11/h11-13H,1-10,15H2. The topological polar surface area (TPSA) is 26.0 Å². The van der Waals surface area contributed by atoms with Crippen molar-refractivity contribution >= 4 is 0 Å². The fourth-order valence-corrected chi connectivity index (χ4v) is 3.57. The molecule has 0 amide bonds. The van der Waals surface area contributed by atoms with Crippen LogP contribution in [-0.4, -0.2) is 5.54 Å². The lowest BCUT2D eigenvalue weighted by atomic mass is 9.68. The van der Waals surface area contributed by atoms with Crippen molar-refractivity contribution in [1.82, 2.24) is 0 Å². The van der Waals surface area contributed by atoms with Crippen LogP contribution in [0.5, 0.6) is 0 Å². The van der Waals surface area contributed by atoms with Gasteiger partial charge in [-0.05, 0) is 43.4 Å². The van der Waals surface area contributed by atoms with Crippen molar-refractivity contribution in [2.45, 2.75) is 69.7 Å². The van der Waals surface area contributed by atoms with E-state index in [-0.39, 0.29) is 5.54 Å². The van der Waals surface area contributed by atoms with Gasteiger partial charge in [0.1, 0.15) is 0 Å². The third-order valence-corrected chi connectivity index (χ3v) is 4.94. The van der Waals surface area contributed by atoms with Crippen LogP contribution in [0.15, 0.2) is 0 Å². The molecule has 0 aromatic rings. The van der Waals surface area contributed by atoms with Crippen LogP contribution in [0.1, 0.15) is 64.2 Å². The largest absolute Gasteiger partial charge is 0.325 e. The summed E-state index contributed by atoms with van der Waals surface area (Å²) in [6.45, 7) is 0. The van der Waals surface area contributed by atoms with Gasteiger partial charge in [-0.2, -0.15) is 0 Å². The number of hydrogen-bond donors (Lipinski definition) is 1. The first kappa shape index (κ1) is 10.1. The number of rotatable bonds is 4. The molecule has 2 N–H and O–H groups in total. The summed E-state index contributed by atoms with van der Waals surface area (Å²) in [6.07, 6.45) is 14.3. The highest BCUT2D eigenvalue weighted by Gasteiger charge is 2.42. The van der Waals surface area contributed by atoms with Crippen LogP contribution < -0.4 is 5.73 Å². The van der Waals surface area contributed by atoms with Gasteiger partial charge in [0.15, 0.2) is 0 Å². The molecule has 3 rings (SSSR count). The molecule has 2 unspecified atom stereocenters. The molecule has 0 bridgehead atoms. The van der Waals surface area contributed by atoms with Crippen LogP contribution in [0.4, 0.5) is 0 Å². The molecule has 15 heavy (non-hydrogen) atoms. The van der Waals surface area contributed by atoms with Gasteiger partial charge in [-0.1, -0.05) is 38.5 Å². The molecule has 0 spiro atoms. The molecular formula is C14H25N. The van der Waals surface area contributed by atoms with Gasteiger partial charge in [0.05, 0.1) is 0 Å². The molecule has 0 heterocycles. The zero-order valence-electron chi connectivity index (χ0n) is 9.88. The maximum Gasteiger partial charge on any atom is 0.0185 e. The van der Waals surface area contributed by atoms with Gasteiger partial charge in [0.25, 0.3) is 0 Å². The molecule has 2 atom stereocenters. The Labute approximate surface area is 93.8 Å². The zero-order valence-corrected chi connectivity index (χ0v) is 9.88. The van der Waals surface area contributed by atoms with Crippen LogP contribution in [0.2, 0.25) is 0 Å². The van der Waals surface area contributed by atoms with Crippen molar-refractivity contribution in [2.24, 2.45) is 23.5 Å². The summed E-state index contributed by atoms with van der Waals surface area (Å²) in [5.74, 6) is 2.95. The smallest absolute Gasteiger partial charge is 0.0185 e. The lowest BCUT2D eigenvalue weighted by Gasteiger charge is -2.42. The van der Waals surface area contributed by atoms with Gasteiger partial charge in [0.2, 0.25) is 0 Å². The van der Waals surface area contributed by atoms with Crippen LogP contribution in [0.3, 0.4) is 0 Å². The van der Waals surface area contributed by atoms with Crippen molar-refractivity contribution in [1.29, 1.82) is 0 Å². The predicted molar refractivity (Wildman–Crippen MR) is 63.6 cm³/mol. The fourth-order valence-electron chi connectivity index (χ4n) is 3.57. The van der Waals surface area contributed by atoms with Gasteiger partial charge in [-0.25, -0.2) is 0 Å². The molecule has 3 fully saturated rings. The minimum Gasteiger partial charge on any atom is -0.325 e. The molecular weight excluding hydrogens is 182 g/mol. The summed E-state index contributed by atoms with van der Waals surface area (Å²) < 4.78 is 0. The van der Waals surface area contributed by atoms with Crippen LogP contribution in [0.25, 0.3) is 0 Å². The van der Waals surface area contributed by atoms with E-state index in [2.05, 4.69) is 0 Å². The maximum absolute atomic E-state index is 6.72. The average molecular weight is 207 g/mol. The molecule has 0 radical (unpaired) electrons. The van der Waals surface area contributed by atoms with Gasteiger partial charge in [-0.15, -0.1) is 0 Å². The number of nitrogens with two attached hydrogens (primary N) is 1. The van der Waals surface area contributed by atoms with Gasteiger partial charge >= 0.3 is 0 Å². The number of hydrogen-bond acceptors (Lipinski definition) is 1. The van der Waals surface area contributed by atoms with Gasteiger partial charge in [-0.3, -0.25) is 0 Å². The Morgan fingerprint density at radius 1 is 0.933 bits per heavy atom. The molecule has 3 aliphatic rings. The van der Waals surface area contributed by atoms with E-state index in [0.717, 1.165) is 17.8 Å². The second-order valence-corrected chi connectivity index (χ2v) is 6.50. The van der Waals surface area contributed by atoms with Crippen molar-refractivity contribution in [3.63, 3.8) is 0 Å². The lowest BCUT2D eigenvalue weighted by Crippen LogP contribution is -2.49. The Kier molecular flexibility index (Phi) is 2.54. The highest BCUT2D eigenvalue weighted by atomic mass is 14.8. The Hall–Kier alpha value is -0.0400. The molecule has 0 aromatic carbocycles. The molecule has 3 saturated carbocycles. The third kappa shape index (κ3) is 2.38. The van der Waals surface area contributed by atoms with E-state index < -0.39 is 0 Å². The predicted octanol–water partition coefficient (Wildman–Crippen LogP) is 3.47. The first-order chi connectivity index (χ1) is 7.26. The summed E-state index contributed by atoms with van der Waals surface area (Å²) in [5, 5.41) is 0. The van der Waals surface area contributed by atoms with E-state index in [0.29, 0.717) is 0 Å². The lowest BCUT2D eigenvalue weighted by molar-refractivity contribution is 0.153. The molecule has 0 aromatic heterocycles. The van der Waals surface area contributed by atoms with E-state index in [9.17, 15) is 0 Å². The summed E-state index contributed by atoms with van der Waals surface area (Å²) in [6, 6.07) is 0. The third-order valence-electron chi connectivity index (χ3n) is 4.94. The van der Waals surface area contributed by atoms with Crippen molar-refractivity contribution in [2.75, 3.05) is 0 Å². The van der Waals surface area contributed by atoms with Gasteiger partial charge < -0.3 is 5.73 Å². The molecule has 3 aliphatic carbocycles. The maximum atomic E-state index is 6.72. The summed E-state index contributed by atoms with van der Waals surface area (Å²) in [4.78, 5) is 0. The fraction of sp³-hybridized carbons (Fsp3) is 1.00. The normalized spacial score (nSPS) is 41.8. The second kappa shape index (κ2) is 3.76. The van der Waals surface area contributed by atoms with Crippen LogP contribution in [0, 0.1) is 17.8 Å². The minimum absolute atomic E-state index is 0.252. The van der Waals surface area contributed by atoms with E-state index in [4.69, 9.17) is 5.73 Å². The Morgan fingerprint density at radius 2 is 1.67 bits per heavy atom. The molecule has 1 nitrogen and oxygen atoms in total. The van der Waals surface area contributed by atoms with E-state index in [1.807, 2.05) is 0 Å². The monoisotopic (exact) mass is 207 g/mol. The Morgan fingerprint density at radius 3 is 2.33 bits per heavy atom. The van der Waals surface area contributed by atoms with E-state index in [1.54, 1.807) is 0 Å². The highest BCUT2D eigenvalue weighted by molar-refractivity contribution is 4.99. The van der Waals surface area contributed by atoms with E-state index >= 15 is 0 Å². The van der Waals surface area contributed by atoms with Crippen molar-refractivity contribution in [3.8, 4) is 0 Å². The zero-order chi connectivity index (χ0) is 10.3. The first-order valence-electron chi connectivity index (χ1n) is 7.05. The van der Waals surface area contributed by atoms with Crippen molar-refractivity contribution in [3.05, 3.63) is 0 Å².